The largest absolute Gasteiger partial charge is 0.481 e. The summed E-state index contributed by atoms with van der Waals surface area (Å²) >= 11 is 0. The highest BCUT2D eigenvalue weighted by Crippen LogP contribution is 2.21. The number of para-hydroxylation sites is 1. The summed E-state index contributed by atoms with van der Waals surface area (Å²) in [7, 11) is 0. The number of ether oxygens (including phenoxy) is 1. The highest BCUT2D eigenvalue weighted by molar-refractivity contribution is 5.81. The van der Waals surface area contributed by atoms with Crippen LogP contribution in [0, 0.1) is 11.3 Å². The van der Waals surface area contributed by atoms with Gasteiger partial charge in [0.05, 0.1) is 11.6 Å². The molecule has 0 saturated carbocycles. The second kappa shape index (κ2) is 9.23. The second-order valence-electron chi connectivity index (χ2n) is 5.77. The highest BCUT2D eigenvalue weighted by atomic mass is 16.5. The van der Waals surface area contributed by atoms with E-state index < -0.39 is 18.1 Å². The molecule has 2 unspecified atom stereocenters. The smallest absolute Gasteiger partial charge is 0.303 e. The van der Waals surface area contributed by atoms with E-state index in [1.54, 1.807) is 31.2 Å². The van der Waals surface area contributed by atoms with Crippen LogP contribution < -0.4 is 10.1 Å². The molecule has 2 N–H and O–H groups in total. The highest BCUT2D eigenvalue weighted by Gasteiger charge is 2.21. The first kappa shape index (κ1) is 19.0. The molecule has 0 aliphatic carbocycles. The van der Waals surface area contributed by atoms with Crippen molar-refractivity contribution in [1.29, 1.82) is 5.26 Å². The van der Waals surface area contributed by atoms with Crippen LogP contribution in [0.1, 0.15) is 36.9 Å². The zero-order valence-electron chi connectivity index (χ0n) is 14.4. The van der Waals surface area contributed by atoms with Crippen molar-refractivity contribution in [3.8, 4) is 11.8 Å². The molecule has 6 nitrogen and oxygen atoms in total. The SMILES string of the molecule is CC(Oc1ccccc1C#N)C(=O)NC(CCC(=O)O)c1ccccc1. The molecule has 0 aliphatic rings. The van der Waals surface area contributed by atoms with E-state index in [4.69, 9.17) is 15.1 Å². The van der Waals surface area contributed by atoms with E-state index in [-0.39, 0.29) is 18.7 Å². The first-order valence-corrected chi connectivity index (χ1v) is 8.24. The van der Waals surface area contributed by atoms with E-state index in [1.165, 1.54) is 0 Å². The monoisotopic (exact) mass is 352 g/mol. The van der Waals surface area contributed by atoms with Crippen molar-refractivity contribution in [1.82, 2.24) is 5.32 Å². The summed E-state index contributed by atoms with van der Waals surface area (Å²) in [6.07, 6.45) is -0.626. The van der Waals surface area contributed by atoms with E-state index in [9.17, 15) is 9.59 Å². The summed E-state index contributed by atoms with van der Waals surface area (Å²) in [5.41, 5.74) is 1.17. The Bertz CT molecular complexity index is 799. The van der Waals surface area contributed by atoms with E-state index in [0.29, 0.717) is 11.3 Å². The molecule has 0 saturated heterocycles. The summed E-state index contributed by atoms with van der Waals surface area (Å²) in [6, 6.07) is 17.4. The van der Waals surface area contributed by atoms with Crippen LogP contribution in [0.2, 0.25) is 0 Å². The molecule has 0 aromatic heterocycles. The first-order valence-electron chi connectivity index (χ1n) is 8.24. The van der Waals surface area contributed by atoms with E-state index in [0.717, 1.165) is 5.56 Å². The summed E-state index contributed by atoms with van der Waals surface area (Å²) in [5, 5.41) is 20.9. The van der Waals surface area contributed by atoms with Gasteiger partial charge in [-0.05, 0) is 31.0 Å². The molecule has 1 amide bonds. The van der Waals surface area contributed by atoms with E-state index in [1.807, 2.05) is 36.4 Å². The molecular weight excluding hydrogens is 332 g/mol. The lowest BCUT2D eigenvalue weighted by Gasteiger charge is -2.22. The van der Waals surface area contributed by atoms with Crippen LogP contribution in [0.25, 0.3) is 0 Å². The Morgan fingerprint density at radius 2 is 1.81 bits per heavy atom. The van der Waals surface area contributed by atoms with Gasteiger partial charge < -0.3 is 15.2 Å². The van der Waals surface area contributed by atoms with E-state index in [2.05, 4.69) is 5.32 Å². The topological polar surface area (TPSA) is 99.4 Å². The molecule has 2 atom stereocenters. The lowest BCUT2D eigenvalue weighted by atomic mass is 10.0. The van der Waals surface area contributed by atoms with Crippen molar-refractivity contribution >= 4 is 11.9 Å². The van der Waals surface area contributed by atoms with Crippen LogP contribution in [-0.2, 0) is 9.59 Å². The summed E-state index contributed by atoms with van der Waals surface area (Å²) in [5.74, 6) is -0.969. The zero-order valence-corrected chi connectivity index (χ0v) is 14.4. The maximum Gasteiger partial charge on any atom is 0.303 e. The molecule has 0 fully saturated rings. The molecule has 134 valence electrons. The van der Waals surface area contributed by atoms with Crippen LogP contribution in [0.15, 0.2) is 54.6 Å². The number of nitrogens with one attached hydrogen (secondary N) is 1. The first-order chi connectivity index (χ1) is 12.5. The summed E-state index contributed by atoms with van der Waals surface area (Å²) in [6.45, 7) is 1.59. The van der Waals surface area contributed by atoms with Crippen molar-refractivity contribution < 1.29 is 19.4 Å². The number of nitriles is 1. The number of carboxylic acids is 1. The van der Waals surface area contributed by atoms with Crippen molar-refractivity contribution in [2.75, 3.05) is 0 Å². The Hall–Kier alpha value is -3.33. The van der Waals surface area contributed by atoms with Gasteiger partial charge in [-0.2, -0.15) is 5.26 Å². The summed E-state index contributed by atoms with van der Waals surface area (Å²) < 4.78 is 5.61. The van der Waals surface area contributed by atoms with Gasteiger partial charge in [0, 0.05) is 6.42 Å². The lowest BCUT2D eigenvalue weighted by molar-refractivity contribution is -0.137. The minimum absolute atomic E-state index is 0.0631. The predicted molar refractivity (Wildman–Crippen MR) is 95.4 cm³/mol. The number of carbonyl (C=O) groups excluding carboxylic acids is 1. The van der Waals surface area contributed by atoms with Crippen LogP contribution in [0.3, 0.4) is 0 Å². The average Bonchev–Trinajstić information content (AvgIpc) is 2.65. The molecule has 2 rings (SSSR count). The van der Waals surface area contributed by atoms with Gasteiger partial charge in [-0.3, -0.25) is 9.59 Å². The third-order valence-electron chi connectivity index (χ3n) is 3.85. The number of hydrogen-bond donors (Lipinski definition) is 2. The predicted octanol–water partition coefficient (Wildman–Crippen LogP) is 3.05. The maximum absolute atomic E-state index is 12.5. The second-order valence-corrected chi connectivity index (χ2v) is 5.77. The number of nitrogens with zero attached hydrogens (tertiary/aromatic N) is 1. The van der Waals surface area contributed by atoms with Gasteiger partial charge in [-0.15, -0.1) is 0 Å². The summed E-state index contributed by atoms with van der Waals surface area (Å²) in [4.78, 5) is 23.4. The molecule has 0 bridgehead atoms. The van der Waals surface area contributed by atoms with Gasteiger partial charge >= 0.3 is 5.97 Å². The lowest BCUT2D eigenvalue weighted by Crippen LogP contribution is -2.39. The van der Waals surface area contributed by atoms with Gasteiger partial charge in [0.2, 0.25) is 0 Å². The number of rotatable bonds is 8. The van der Waals surface area contributed by atoms with Crippen molar-refractivity contribution in [3.05, 3.63) is 65.7 Å². The molecule has 2 aromatic carbocycles. The van der Waals surface area contributed by atoms with Crippen LogP contribution in [0.4, 0.5) is 0 Å². The number of benzene rings is 2. The molecule has 0 aliphatic heterocycles. The number of carboxylic acid groups (broad SMARTS) is 1. The molecule has 2 aromatic rings. The molecule has 0 heterocycles. The van der Waals surface area contributed by atoms with Crippen LogP contribution in [0.5, 0.6) is 5.75 Å². The van der Waals surface area contributed by atoms with Gasteiger partial charge in [0.15, 0.2) is 6.10 Å². The van der Waals surface area contributed by atoms with Crippen LogP contribution in [-0.4, -0.2) is 23.1 Å². The minimum Gasteiger partial charge on any atom is -0.481 e. The molecule has 6 heteroatoms. The number of carbonyl (C=O) groups is 2. The van der Waals surface area contributed by atoms with Crippen molar-refractivity contribution in [2.24, 2.45) is 0 Å². The Labute approximate surface area is 152 Å². The number of amides is 1. The Morgan fingerprint density at radius 3 is 2.46 bits per heavy atom. The van der Waals surface area contributed by atoms with Crippen molar-refractivity contribution in [3.63, 3.8) is 0 Å². The van der Waals surface area contributed by atoms with Gasteiger partial charge in [0.25, 0.3) is 5.91 Å². The fourth-order valence-electron chi connectivity index (χ4n) is 2.47. The normalized spacial score (nSPS) is 12.5. The Kier molecular flexibility index (Phi) is 6.75. The third-order valence-corrected chi connectivity index (χ3v) is 3.85. The fraction of sp³-hybridized carbons (Fsp3) is 0.250. The third kappa shape index (κ3) is 5.35. The van der Waals surface area contributed by atoms with Crippen LogP contribution >= 0.6 is 0 Å². The Balaban J connectivity index is 2.08. The van der Waals surface area contributed by atoms with Gasteiger partial charge in [-0.25, -0.2) is 0 Å². The van der Waals surface area contributed by atoms with Gasteiger partial charge in [-0.1, -0.05) is 42.5 Å². The number of aliphatic carboxylic acids is 1. The maximum atomic E-state index is 12.5. The minimum atomic E-state index is -0.924. The molecule has 0 radical (unpaired) electrons. The molecule has 26 heavy (non-hydrogen) atoms. The Morgan fingerprint density at radius 1 is 1.15 bits per heavy atom. The molecule has 0 spiro atoms. The molecular formula is C20H20N2O4. The number of hydrogen-bond acceptors (Lipinski definition) is 4. The quantitative estimate of drug-likeness (QED) is 0.761. The average molecular weight is 352 g/mol. The zero-order chi connectivity index (χ0) is 18.9. The standard InChI is InChI=1S/C20H20N2O4/c1-14(26-18-10-6-5-9-16(18)13-21)20(25)22-17(11-12-19(23)24)15-7-3-2-4-8-15/h2-10,14,17H,11-12H2,1H3,(H,22,25)(H,23,24). The fourth-order valence-corrected chi connectivity index (χ4v) is 2.47. The van der Waals surface area contributed by atoms with Gasteiger partial charge in [0.1, 0.15) is 11.8 Å². The van der Waals surface area contributed by atoms with E-state index >= 15 is 0 Å². The van der Waals surface area contributed by atoms with Crippen molar-refractivity contribution in [2.45, 2.75) is 31.9 Å².